The number of benzene rings is 3. The number of amides is 1. The Hall–Kier alpha value is -2.61. The van der Waals surface area contributed by atoms with E-state index in [9.17, 15) is 4.79 Å². The highest BCUT2D eigenvalue weighted by atomic mass is 127. The summed E-state index contributed by atoms with van der Waals surface area (Å²) in [7, 11) is 0. The van der Waals surface area contributed by atoms with Crippen LogP contribution in [-0.2, 0) is 4.79 Å². The second-order valence-electron chi connectivity index (χ2n) is 6.41. The summed E-state index contributed by atoms with van der Waals surface area (Å²) >= 11 is 2.17. The predicted octanol–water partition coefficient (Wildman–Crippen LogP) is 5.15. The van der Waals surface area contributed by atoms with Crippen molar-refractivity contribution in [3.8, 4) is 11.5 Å². The molecule has 0 aliphatic heterocycles. The fourth-order valence-corrected chi connectivity index (χ4v) is 3.31. The lowest BCUT2D eigenvalue weighted by molar-refractivity contribution is -0.123. The van der Waals surface area contributed by atoms with Gasteiger partial charge in [0.15, 0.2) is 6.61 Å². The second kappa shape index (κ2) is 10.8. The third-order valence-corrected chi connectivity index (χ3v) is 5.16. The molecule has 5 nitrogen and oxygen atoms in total. The molecule has 3 aromatic carbocycles. The molecule has 1 amide bonds. The molecule has 3 rings (SSSR count). The quantitative estimate of drug-likeness (QED) is 0.191. The van der Waals surface area contributed by atoms with Crippen molar-refractivity contribution in [3.05, 3.63) is 69.8 Å². The third-order valence-electron chi connectivity index (χ3n) is 4.26. The van der Waals surface area contributed by atoms with Crippen LogP contribution in [0.25, 0.3) is 10.8 Å². The molecule has 150 valence electrons. The summed E-state index contributed by atoms with van der Waals surface area (Å²) in [6, 6.07) is 19.5. The lowest BCUT2D eigenvalue weighted by atomic mass is 10.0. The third kappa shape index (κ3) is 5.93. The molecule has 29 heavy (non-hydrogen) atoms. The Kier molecular flexibility index (Phi) is 7.86. The molecule has 0 saturated heterocycles. The predicted molar refractivity (Wildman–Crippen MR) is 125 cm³/mol. The van der Waals surface area contributed by atoms with Gasteiger partial charge in [0.1, 0.15) is 11.5 Å². The average Bonchev–Trinajstić information content (AvgIpc) is 2.74. The minimum absolute atomic E-state index is 0.104. The zero-order valence-corrected chi connectivity index (χ0v) is 18.4. The molecule has 1 N–H and O–H groups in total. The van der Waals surface area contributed by atoms with Crippen LogP contribution in [-0.4, -0.2) is 25.3 Å². The van der Waals surface area contributed by atoms with Crippen LogP contribution in [0.15, 0.2) is 65.8 Å². The maximum Gasteiger partial charge on any atom is 0.277 e. The summed E-state index contributed by atoms with van der Waals surface area (Å²) < 4.78 is 12.4. The van der Waals surface area contributed by atoms with Gasteiger partial charge >= 0.3 is 0 Å². The second-order valence-corrected chi connectivity index (χ2v) is 7.57. The van der Waals surface area contributed by atoms with E-state index >= 15 is 0 Å². The van der Waals surface area contributed by atoms with Crippen LogP contribution in [0.5, 0.6) is 11.5 Å². The van der Waals surface area contributed by atoms with Crippen molar-refractivity contribution in [1.82, 2.24) is 5.43 Å². The van der Waals surface area contributed by atoms with Crippen LogP contribution in [0.2, 0.25) is 0 Å². The minimum Gasteiger partial charge on any atom is -0.493 e. The molecule has 0 fully saturated rings. The number of hydrazone groups is 1. The van der Waals surface area contributed by atoms with Gasteiger partial charge in [-0.25, -0.2) is 5.43 Å². The topological polar surface area (TPSA) is 59.9 Å². The molecule has 0 unspecified atom stereocenters. The Balaban J connectivity index is 1.69. The summed E-state index contributed by atoms with van der Waals surface area (Å²) in [5.41, 5.74) is 3.37. The summed E-state index contributed by atoms with van der Waals surface area (Å²) in [6.07, 6.45) is 3.68. The molecular weight excluding hydrogens is 479 g/mol. The first kappa shape index (κ1) is 21.1. The fraction of sp³-hybridized carbons (Fsp3) is 0.217. The van der Waals surface area contributed by atoms with E-state index in [1.807, 2.05) is 60.7 Å². The highest BCUT2D eigenvalue weighted by molar-refractivity contribution is 14.1. The number of para-hydroxylation sites is 1. The van der Waals surface area contributed by atoms with E-state index in [4.69, 9.17) is 9.47 Å². The molecule has 0 aliphatic rings. The number of carbonyl (C=O) groups is 1. The first-order chi connectivity index (χ1) is 14.2. The van der Waals surface area contributed by atoms with Gasteiger partial charge in [-0.05, 0) is 58.0 Å². The van der Waals surface area contributed by atoms with Crippen molar-refractivity contribution in [2.45, 2.75) is 19.8 Å². The van der Waals surface area contributed by atoms with Gasteiger partial charge in [-0.3, -0.25) is 4.79 Å². The highest BCUT2D eigenvalue weighted by Gasteiger charge is 2.08. The molecule has 6 heteroatoms. The number of halogens is 1. The van der Waals surface area contributed by atoms with Gasteiger partial charge in [-0.1, -0.05) is 55.8 Å². The van der Waals surface area contributed by atoms with E-state index in [0.717, 1.165) is 38.5 Å². The van der Waals surface area contributed by atoms with Crippen LogP contribution >= 0.6 is 22.6 Å². The van der Waals surface area contributed by atoms with Gasteiger partial charge in [0.25, 0.3) is 5.91 Å². The van der Waals surface area contributed by atoms with Gasteiger partial charge < -0.3 is 9.47 Å². The number of rotatable bonds is 9. The molecule has 3 aromatic rings. The molecule has 0 spiro atoms. The molecule has 0 atom stereocenters. The number of fused-ring (bicyclic) bond motifs is 1. The molecule has 0 saturated carbocycles. The normalized spacial score (nSPS) is 11.0. The number of unbranched alkanes of at least 4 members (excludes halogenated alkanes) is 1. The van der Waals surface area contributed by atoms with Gasteiger partial charge in [0.2, 0.25) is 0 Å². The van der Waals surface area contributed by atoms with Crippen molar-refractivity contribution < 1.29 is 14.3 Å². The number of ether oxygens (including phenoxy) is 2. The van der Waals surface area contributed by atoms with E-state index in [1.165, 1.54) is 0 Å². The Labute approximate surface area is 184 Å². The van der Waals surface area contributed by atoms with Gasteiger partial charge in [-0.15, -0.1) is 0 Å². The van der Waals surface area contributed by atoms with Crippen molar-refractivity contribution in [1.29, 1.82) is 0 Å². The number of hydrogen-bond donors (Lipinski definition) is 1. The van der Waals surface area contributed by atoms with Crippen LogP contribution in [0, 0.1) is 3.57 Å². The zero-order chi connectivity index (χ0) is 20.5. The monoisotopic (exact) mass is 502 g/mol. The number of hydrogen-bond acceptors (Lipinski definition) is 4. The van der Waals surface area contributed by atoms with Crippen molar-refractivity contribution >= 4 is 45.5 Å². The van der Waals surface area contributed by atoms with E-state index < -0.39 is 0 Å². The van der Waals surface area contributed by atoms with Crippen LogP contribution < -0.4 is 14.9 Å². The SMILES string of the molecule is CCCCOc1ccc2ccccc2c1/C=N/NC(=O)COc1ccccc1I. The van der Waals surface area contributed by atoms with E-state index in [-0.39, 0.29) is 12.5 Å². The Morgan fingerprint density at radius 3 is 2.66 bits per heavy atom. The largest absolute Gasteiger partial charge is 0.493 e. The van der Waals surface area contributed by atoms with Crippen LogP contribution in [0.3, 0.4) is 0 Å². The van der Waals surface area contributed by atoms with Gasteiger partial charge in [-0.2, -0.15) is 5.10 Å². The summed E-state index contributed by atoms with van der Waals surface area (Å²) in [5, 5.41) is 6.24. The number of nitrogens with zero attached hydrogens (tertiary/aromatic N) is 1. The van der Waals surface area contributed by atoms with Crippen molar-refractivity contribution in [2.75, 3.05) is 13.2 Å². The van der Waals surface area contributed by atoms with E-state index in [2.05, 4.69) is 40.0 Å². The molecule has 0 aromatic heterocycles. The average molecular weight is 502 g/mol. The molecule has 0 radical (unpaired) electrons. The Morgan fingerprint density at radius 1 is 1.03 bits per heavy atom. The summed E-state index contributed by atoms with van der Waals surface area (Å²) in [6.45, 7) is 2.67. The first-order valence-corrected chi connectivity index (χ1v) is 10.6. The minimum atomic E-state index is -0.324. The fourth-order valence-electron chi connectivity index (χ4n) is 2.77. The van der Waals surface area contributed by atoms with Crippen LogP contribution in [0.1, 0.15) is 25.3 Å². The van der Waals surface area contributed by atoms with Gasteiger partial charge in [0.05, 0.1) is 16.4 Å². The smallest absolute Gasteiger partial charge is 0.277 e. The summed E-state index contributed by atoms with van der Waals surface area (Å²) in [4.78, 5) is 12.1. The standard InChI is InChI=1S/C23H23IN2O3/c1-2-3-14-28-21-13-12-17-8-4-5-9-18(17)19(21)15-25-26-23(27)16-29-22-11-7-6-10-20(22)24/h4-13,15H,2-3,14,16H2,1H3,(H,26,27)/b25-15+. The molecule has 0 bridgehead atoms. The Morgan fingerprint density at radius 2 is 1.83 bits per heavy atom. The summed E-state index contributed by atoms with van der Waals surface area (Å²) in [5.74, 6) is 1.10. The van der Waals surface area contributed by atoms with Gasteiger partial charge in [0, 0.05) is 5.56 Å². The highest BCUT2D eigenvalue weighted by Crippen LogP contribution is 2.27. The van der Waals surface area contributed by atoms with Crippen LogP contribution in [0.4, 0.5) is 0 Å². The van der Waals surface area contributed by atoms with Crippen molar-refractivity contribution in [2.24, 2.45) is 5.10 Å². The zero-order valence-electron chi connectivity index (χ0n) is 16.2. The van der Waals surface area contributed by atoms with Crippen molar-refractivity contribution in [3.63, 3.8) is 0 Å². The molecule has 0 aliphatic carbocycles. The number of carbonyl (C=O) groups excluding carboxylic acids is 1. The maximum atomic E-state index is 12.1. The maximum absolute atomic E-state index is 12.1. The Bertz CT molecular complexity index is 1000. The van der Waals surface area contributed by atoms with E-state index in [1.54, 1.807) is 6.21 Å². The molecular formula is C23H23IN2O3. The lowest BCUT2D eigenvalue weighted by Crippen LogP contribution is -2.24. The lowest BCUT2D eigenvalue weighted by Gasteiger charge is -2.11. The number of nitrogens with one attached hydrogen (secondary N) is 1. The molecule has 0 heterocycles. The van der Waals surface area contributed by atoms with E-state index in [0.29, 0.717) is 12.4 Å². The first-order valence-electron chi connectivity index (χ1n) is 9.53.